The van der Waals surface area contributed by atoms with Crippen LogP contribution in [0.5, 0.6) is 5.75 Å². The Kier molecular flexibility index (Phi) is 6.58. The Balaban J connectivity index is 1.56. The number of amides is 1. The summed E-state index contributed by atoms with van der Waals surface area (Å²) in [6.45, 7) is 5.38. The number of methoxy groups -OCH3 is 1. The minimum Gasteiger partial charge on any atom is -0.496 e. The molecule has 0 radical (unpaired) electrons. The van der Waals surface area contributed by atoms with Crippen molar-refractivity contribution in [2.75, 3.05) is 20.2 Å². The molecule has 1 N–H and O–H groups in total. The molecule has 2 aliphatic rings. The van der Waals surface area contributed by atoms with E-state index in [1.807, 2.05) is 13.0 Å². The van der Waals surface area contributed by atoms with Crippen molar-refractivity contribution in [3.63, 3.8) is 0 Å². The highest BCUT2D eigenvalue weighted by molar-refractivity contribution is 7.89. The van der Waals surface area contributed by atoms with Gasteiger partial charge in [0.25, 0.3) is 5.91 Å². The maximum absolute atomic E-state index is 13.2. The zero-order valence-corrected chi connectivity index (χ0v) is 19.9. The summed E-state index contributed by atoms with van der Waals surface area (Å²) in [5.74, 6) is 0.800. The van der Waals surface area contributed by atoms with E-state index < -0.39 is 10.0 Å². The van der Waals surface area contributed by atoms with Gasteiger partial charge in [-0.3, -0.25) is 4.79 Å². The minimum absolute atomic E-state index is 0.0695. The third-order valence-electron chi connectivity index (χ3n) is 6.74. The molecular formula is C25H32N2O4S. The lowest BCUT2D eigenvalue weighted by Gasteiger charge is -2.30. The van der Waals surface area contributed by atoms with Gasteiger partial charge in [-0.2, -0.15) is 0 Å². The van der Waals surface area contributed by atoms with Gasteiger partial charge in [-0.25, -0.2) is 13.1 Å². The maximum atomic E-state index is 13.2. The van der Waals surface area contributed by atoms with Crippen molar-refractivity contribution in [2.24, 2.45) is 5.92 Å². The predicted octanol–water partition coefficient (Wildman–Crippen LogP) is 4.10. The van der Waals surface area contributed by atoms with E-state index in [1.165, 1.54) is 30.4 Å². The third-order valence-corrected chi connectivity index (χ3v) is 8.28. The highest BCUT2D eigenvalue weighted by Gasteiger charge is 2.27. The number of nitrogens with zero attached hydrogens (tertiary/aromatic N) is 1. The largest absolute Gasteiger partial charge is 0.496 e. The molecule has 1 aliphatic heterocycles. The van der Waals surface area contributed by atoms with Gasteiger partial charge < -0.3 is 9.64 Å². The van der Waals surface area contributed by atoms with E-state index in [9.17, 15) is 13.2 Å². The van der Waals surface area contributed by atoms with E-state index in [4.69, 9.17) is 4.74 Å². The molecule has 6 nitrogen and oxygen atoms in total. The van der Waals surface area contributed by atoms with E-state index in [2.05, 4.69) is 23.8 Å². The van der Waals surface area contributed by atoms with Crippen LogP contribution in [0.2, 0.25) is 0 Å². The summed E-state index contributed by atoms with van der Waals surface area (Å²) in [5.41, 5.74) is 3.90. The van der Waals surface area contributed by atoms with Crippen LogP contribution in [0.25, 0.3) is 0 Å². The van der Waals surface area contributed by atoms with Gasteiger partial charge in [0, 0.05) is 19.1 Å². The SMILES string of the molecule is COc1ccc(S(=O)(=O)N[C@H](C)c2ccc3c(c2)CCC3)cc1C(=O)N1CCC(C)CC1. The average Bonchev–Trinajstić information content (AvgIpc) is 3.26. The van der Waals surface area contributed by atoms with Crippen LogP contribution in [0, 0.1) is 5.92 Å². The first-order chi connectivity index (χ1) is 15.3. The summed E-state index contributed by atoms with van der Waals surface area (Å²) < 4.78 is 34.5. The number of nitrogens with one attached hydrogen (secondary N) is 1. The van der Waals surface area contributed by atoms with Gasteiger partial charge >= 0.3 is 0 Å². The molecule has 0 aromatic heterocycles. The van der Waals surface area contributed by atoms with Gasteiger partial charge in [0.2, 0.25) is 10.0 Å². The van der Waals surface area contributed by atoms with Gasteiger partial charge in [0.15, 0.2) is 0 Å². The van der Waals surface area contributed by atoms with Crippen LogP contribution in [0.15, 0.2) is 41.3 Å². The van der Waals surface area contributed by atoms with E-state index in [0.717, 1.165) is 37.7 Å². The van der Waals surface area contributed by atoms with Crippen molar-refractivity contribution in [1.29, 1.82) is 0 Å². The van der Waals surface area contributed by atoms with Gasteiger partial charge in [0.05, 0.1) is 17.6 Å². The Bertz CT molecular complexity index is 1100. The Morgan fingerprint density at radius 3 is 2.53 bits per heavy atom. The first-order valence-electron chi connectivity index (χ1n) is 11.4. The third kappa shape index (κ3) is 4.69. The summed E-state index contributed by atoms with van der Waals surface area (Å²) in [6.07, 6.45) is 5.19. The molecule has 2 aromatic carbocycles. The van der Waals surface area contributed by atoms with E-state index in [-0.39, 0.29) is 22.4 Å². The summed E-state index contributed by atoms with van der Waals surface area (Å²) in [5, 5.41) is 0. The molecule has 0 saturated carbocycles. The molecule has 7 heteroatoms. The molecule has 1 heterocycles. The molecule has 1 fully saturated rings. The summed E-state index contributed by atoms with van der Waals surface area (Å²) in [6, 6.07) is 10.3. The maximum Gasteiger partial charge on any atom is 0.257 e. The van der Waals surface area contributed by atoms with Crippen LogP contribution < -0.4 is 9.46 Å². The van der Waals surface area contributed by atoms with Crippen LogP contribution >= 0.6 is 0 Å². The first-order valence-corrected chi connectivity index (χ1v) is 12.9. The molecule has 1 saturated heterocycles. The molecule has 1 aliphatic carbocycles. The van der Waals surface area contributed by atoms with Crippen molar-refractivity contribution in [2.45, 2.75) is 56.9 Å². The van der Waals surface area contributed by atoms with Crippen LogP contribution in [0.4, 0.5) is 0 Å². The predicted molar refractivity (Wildman–Crippen MR) is 124 cm³/mol. The number of rotatable bonds is 6. The van der Waals surface area contributed by atoms with Crippen LogP contribution in [-0.4, -0.2) is 39.4 Å². The van der Waals surface area contributed by atoms with Gasteiger partial charge in [-0.15, -0.1) is 0 Å². The van der Waals surface area contributed by atoms with Crippen molar-refractivity contribution < 1.29 is 17.9 Å². The summed E-state index contributed by atoms with van der Waals surface area (Å²) in [4.78, 5) is 15.0. The fourth-order valence-corrected chi connectivity index (χ4v) is 5.89. The highest BCUT2D eigenvalue weighted by Crippen LogP contribution is 2.29. The van der Waals surface area contributed by atoms with Crippen LogP contribution in [-0.2, 0) is 22.9 Å². The number of hydrogen-bond donors (Lipinski definition) is 1. The van der Waals surface area contributed by atoms with Crippen LogP contribution in [0.3, 0.4) is 0 Å². The molecule has 1 atom stereocenters. The number of sulfonamides is 1. The number of hydrogen-bond acceptors (Lipinski definition) is 4. The second-order valence-corrected chi connectivity index (χ2v) is 10.8. The average molecular weight is 457 g/mol. The van der Waals surface area contributed by atoms with Crippen molar-refractivity contribution in [3.8, 4) is 5.75 Å². The normalized spacial score (nSPS) is 17.8. The summed E-state index contributed by atoms with van der Waals surface area (Å²) >= 11 is 0. The molecule has 0 unspecified atom stereocenters. The highest BCUT2D eigenvalue weighted by atomic mass is 32.2. The van der Waals surface area contributed by atoms with E-state index in [1.54, 1.807) is 11.0 Å². The second kappa shape index (κ2) is 9.24. The number of benzene rings is 2. The summed E-state index contributed by atoms with van der Waals surface area (Å²) in [7, 11) is -2.33. The van der Waals surface area contributed by atoms with Gasteiger partial charge in [-0.1, -0.05) is 25.1 Å². The fraction of sp³-hybridized carbons (Fsp3) is 0.480. The number of piperidine rings is 1. The van der Waals surface area contributed by atoms with Crippen molar-refractivity contribution in [1.82, 2.24) is 9.62 Å². The number of fused-ring (bicyclic) bond motifs is 1. The van der Waals surface area contributed by atoms with Crippen molar-refractivity contribution >= 4 is 15.9 Å². The number of likely N-dealkylation sites (tertiary alicyclic amines) is 1. The minimum atomic E-state index is -3.82. The standard InChI is InChI=1S/C25H32N2O4S/c1-17-11-13-27(14-12-17)25(28)23-16-22(9-10-24(23)31-3)32(29,30)26-18(2)20-8-7-19-5-4-6-21(19)15-20/h7-10,15-18,26H,4-6,11-14H2,1-3H3/t18-/m1/s1. The molecular weight excluding hydrogens is 424 g/mol. The lowest BCUT2D eigenvalue weighted by atomic mass is 9.98. The van der Waals surface area contributed by atoms with E-state index in [0.29, 0.717) is 24.8 Å². The molecule has 0 spiro atoms. The topological polar surface area (TPSA) is 75.7 Å². The van der Waals surface area contributed by atoms with E-state index >= 15 is 0 Å². The number of aryl methyl sites for hydroxylation is 2. The molecule has 0 bridgehead atoms. The van der Waals surface area contributed by atoms with Crippen molar-refractivity contribution in [3.05, 3.63) is 58.7 Å². The Hall–Kier alpha value is -2.38. The lowest BCUT2D eigenvalue weighted by molar-refractivity contribution is 0.0693. The second-order valence-electron chi connectivity index (χ2n) is 9.06. The Morgan fingerprint density at radius 2 is 1.81 bits per heavy atom. The fourth-order valence-electron chi connectivity index (χ4n) is 4.63. The smallest absolute Gasteiger partial charge is 0.257 e. The number of ether oxygens (including phenoxy) is 1. The molecule has 1 amide bonds. The molecule has 32 heavy (non-hydrogen) atoms. The van der Waals surface area contributed by atoms with Gasteiger partial charge in [-0.05, 0) is 79.8 Å². The zero-order chi connectivity index (χ0) is 22.9. The number of carbonyl (C=O) groups is 1. The molecule has 172 valence electrons. The van der Waals surface area contributed by atoms with Gasteiger partial charge in [0.1, 0.15) is 5.75 Å². The monoisotopic (exact) mass is 456 g/mol. The zero-order valence-electron chi connectivity index (χ0n) is 19.1. The first kappa shape index (κ1) is 22.8. The Morgan fingerprint density at radius 1 is 1.09 bits per heavy atom. The quantitative estimate of drug-likeness (QED) is 0.710. The number of carbonyl (C=O) groups excluding carboxylic acids is 1. The molecule has 4 rings (SSSR count). The molecule has 2 aromatic rings. The Labute approximate surface area is 191 Å². The lowest BCUT2D eigenvalue weighted by Crippen LogP contribution is -2.38. The van der Waals surface area contributed by atoms with Crippen LogP contribution in [0.1, 0.15) is 66.2 Å².